The molecule has 1 N–H and O–H groups in total. The zero-order valence-electron chi connectivity index (χ0n) is 11.2. The lowest BCUT2D eigenvalue weighted by atomic mass is 10.2. The van der Waals surface area contributed by atoms with Crippen LogP contribution in [0.1, 0.15) is 20.3 Å². The van der Waals surface area contributed by atoms with E-state index in [2.05, 4.69) is 5.32 Å². The van der Waals surface area contributed by atoms with Crippen molar-refractivity contribution >= 4 is 17.5 Å². The Morgan fingerprint density at radius 3 is 2.53 bits per heavy atom. The number of anilines is 1. The van der Waals surface area contributed by atoms with E-state index < -0.39 is 0 Å². The molecule has 0 bridgehead atoms. The van der Waals surface area contributed by atoms with Crippen LogP contribution in [0.25, 0.3) is 0 Å². The van der Waals surface area contributed by atoms with Crippen molar-refractivity contribution in [2.75, 3.05) is 18.0 Å². The highest BCUT2D eigenvalue weighted by Gasteiger charge is 2.21. The smallest absolute Gasteiger partial charge is 0.246 e. The summed E-state index contributed by atoms with van der Waals surface area (Å²) < 4.78 is 5.56. The minimum Gasteiger partial charge on any atom is -0.491 e. The number of benzene rings is 1. The van der Waals surface area contributed by atoms with Gasteiger partial charge >= 0.3 is 0 Å². The maximum atomic E-state index is 11.9. The van der Waals surface area contributed by atoms with E-state index in [1.165, 1.54) is 0 Å². The van der Waals surface area contributed by atoms with E-state index in [1.54, 1.807) is 4.90 Å². The van der Waals surface area contributed by atoms with Gasteiger partial charge in [-0.15, -0.1) is 0 Å². The number of nitrogens with zero attached hydrogens (tertiary/aromatic N) is 1. The van der Waals surface area contributed by atoms with Crippen LogP contribution in [0.3, 0.4) is 0 Å². The van der Waals surface area contributed by atoms with Crippen LogP contribution in [0.4, 0.5) is 5.69 Å². The number of carbonyl (C=O) groups excluding carboxylic acids is 2. The van der Waals surface area contributed by atoms with Crippen LogP contribution in [-0.4, -0.2) is 31.0 Å². The fourth-order valence-electron chi connectivity index (χ4n) is 1.95. The van der Waals surface area contributed by atoms with E-state index >= 15 is 0 Å². The lowest BCUT2D eigenvalue weighted by molar-refractivity contribution is -0.123. The lowest BCUT2D eigenvalue weighted by Crippen LogP contribution is -2.35. The van der Waals surface area contributed by atoms with Crippen LogP contribution < -0.4 is 15.0 Å². The molecule has 0 radical (unpaired) electrons. The van der Waals surface area contributed by atoms with Crippen molar-refractivity contribution in [1.29, 1.82) is 0 Å². The molecule has 19 heavy (non-hydrogen) atoms. The molecule has 0 aliphatic carbocycles. The van der Waals surface area contributed by atoms with Crippen molar-refractivity contribution in [3.63, 3.8) is 0 Å². The second-order valence-corrected chi connectivity index (χ2v) is 4.73. The minimum atomic E-state index is -0.0941. The van der Waals surface area contributed by atoms with Crippen LogP contribution in [0, 0.1) is 0 Å². The highest BCUT2D eigenvalue weighted by Crippen LogP contribution is 2.21. The van der Waals surface area contributed by atoms with E-state index in [-0.39, 0.29) is 24.5 Å². The van der Waals surface area contributed by atoms with E-state index in [0.29, 0.717) is 13.0 Å². The van der Waals surface area contributed by atoms with Gasteiger partial charge in [0.15, 0.2) is 0 Å². The van der Waals surface area contributed by atoms with Crippen molar-refractivity contribution in [3.8, 4) is 5.75 Å². The van der Waals surface area contributed by atoms with Gasteiger partial charge in [0.25, 0.3) is 0 Å². The molecular weight excluding hydrogens is 244 g/mol. The molecule has 1 fully saturated rings. The molecule has 102 valence electrons. The molecule has 2 rings (SSSR count). The van der Waals surface area contributed by atoms with Crippen LogP contribution >= 0.6 is 0 Å². The Morgan fingerprint density at radius 2 is 1.89 bits per heavy atom. The number of amides is 2. The molecule has 5 heteroatoms. The molecule has 1 aromatic rings. The molecule has 1 aliphatic heterocycles. The number of hydrogen-bond donors (Lipinski definition) is 1. The molecule has 1 aliphatic rings. The molecule has 0 saturated carbocycles. The molecule has 1 heterocycles. The third kappa shape index (κ3) is 3.47. The highest BCUT2D eigenvalue weighted by atomic mass is 16.5. The quantitative estimate of drug-likeness (QED) is 0.894. The first-order valence-corrected chi connectivity index (χ1v) is 6.40. The molecule has 0 spiro atoms. The van der Waals surface area contributed by atoms with Crippen molar-refractivity contribution in [1.82, 2.24) is 5.32 Å². The van der Waals surface area contributed by atoms with Crippen LogP contribution in [0.2, 0.25) is 0 Å². The largest absolute Gasteiger partial charge is 0.491 e. The summed E-state index contributed by atoms with van der Waals surface area (Å²) in [5.74, 6) is 0.592. The summed E-state index contributed by atoms with van der Waals surface area (Å²) in [4.78, 5) is 24.8. The predicted octanol–water partition coefficient (Wildman–Crippen LogP) is 1.33. The molecule has 5 nitrogen and oxygen atoms in total. The Morgan fingerprint density at radius 1 is 1.21 bits per heavy atom. The normalized spacial score (nSPS) is 16.3. The second kappa shape index (κ2) is 5.73. The number of rotatable bonds is 3. The average molecular weight is 262 g/mol. The Bertz CT molecular complexity index is 468. The first kappa shape index (κ1) is 13.4. The zero-order valence-corrected chi connectivity index (χ0v) is 11.2. The summed E-state index contributed by atoms with van der Waals surface area (Å²) in [5, 5.41) is 2.58. The Hall–Kier alpha value is -2.04. The van der Waals surface area contributed by atoms with Gasteiger partial charge in [-0.1, -0.05) is 0 Å². The zero-order chi connectivity index (χ0) is 13.8. The Kier molecular flexibility index (Phi) is 4.04. The van der Waals surface area contributed by atoms with Gasteiger partial charge in [-0.3, -0.25) is 9.59 Å². The molecule has 1 saturated heterocycles. The summed E-state index contributed by atoms with van der Waals surface area (Å²) in [6.07, 6.45) is 0.447. The van der Waals surface area contributed by atoms with Gasteiger partial charge in [0.2, 0.25) is 11.8 Å². The summed E-state index contributed by atoms with van der Waals surface area (Å²) in [7, 11) is 0. The van der Waals surface area contributed by atoms with Crippen LogP contribution in [0.5, 0.6) is 5.75 Å². The summed E-state index contributed by atoms with van der Waals surface area (Å²) >= 11 is 0. The van der Waals surface area contributed by atoms with Gasteiger partial charge < -0.3 is 15.0 Å². The molecule has 2 amide bonds. The van der Waals surface area contributed by atoms with Crippen molar-refractivity contribution in [2.45, 2.75) is 26.4 Å². The van der Waals surface area contributed by atoms with E-state index in [9.17, 15) is 9.59 Å². The predicted molar refractivity (Wildman–Crippen MR) is 72.2 cm³/mol. The third-order valence-electron chi connectivity index (χ3n) is 2.82. The first-order valence-electron chi connectivity index (χ1n) is 6.40. The molecule has 0 aromatic heterocycles. The monoisotopic (exact) mass is 262 g/mol. The average Bonchev–Trinajstić information content (AvgIpc) is 2.53. The van der Waals surface area contributed by atoms with E-state index in [0.717, 1.165) is 11.4 Å². The highest BCUT2D eigenvalue weighted by molar-refractivity contribution is 5.98. The third-order valence-corrected chi connectivity index (χ3v) is 2.82. The van der Waals surface area contributed by atoms with Crippen molar-refractivity contribution < 1.29 is 14.3 Å². The maximum absolute atomic E-state index is 11.9. The Labute approximate surface area is 112 Å². The maximum Gasteiger partial charge on any atom is 0.246 e. The number of carbonyl (C=O) groups is 2. The van der Waals surface area contributed by atoms with Gasteiger partial charge in [0, 0.05) is 18.7 Å². The van der Waals surface area contributed by atoms with Gasteiger partial charge in [-0.05, 0) is 38.1 Å². The van der Waals surface area contributed by atoms with E-state index in [1.807, 2.05) is 38.1 Å². The van der Waals surface area contributed by atoms with Gasteiger partial charge in [0.1, 0.15) is 5.75 Å². The standard InChI is InChI=1S/C14H18N2O3/c1-10(2)19-12-5-3-11(4-6-12)16-8-7-13(17)15-9-14(16)18/h3-6,10H,7-9H2,1-2H3,(H,15,17). The molecule has 1 aromatic carbocycles. The second-order valence-electron chi connectivity index (χ2n) is 4.73. The molecular formula is C14H18N2O3. The topological polar surface area (TPSA) is 58.6 Å². The van der Waals surface area contributed by atoms with Crippen LogP contribution in [-0.2, 0) is 9.59 Å². The SMILES string of the molecule is CC(C)Oc1ccc(N2CCC(=O)NCC2=O)cc1. The summed E-state index contributed by atoms with van der Waals surface area (Å²) in [6, 6.07) is 7.35. The first-order chi connectivity index (χ1) is 9.06. The van der Waals surface area contributed by atoms with Crippen molar-refractivity contribution in [3.05, 3.63) is 24.3 Å². The van der Waals surface area contributed by atoms with Gasteiger partial charge in [0.05, 0.1) is 12.6 Å². The minimum absolute atomic E-state index is 0.0586. The fourth-order valence-corrected chi connectivity index (χ4v) is 1.95. The van der Waals surface area contributed by atoms with Gasteiger partial charge in [-0.25, -0.2) is 0 Å². The van der Waals surface area contributed by atoms with Gasteiger partial charge in [-0.2, -0.15) is 0 Å². The lowest BCUT2D eigenvalue weighted by Gasteiger charge is -2.20. The number of nitrogens with one attached hydrogen (secondary N) is 1. The number of hydrogen-bond acceptors (Lipinski definition) is 3. The Balaban J connectivity index is 2.12. The molecule has 0 unspecified atom stereocenters. The fraction of sp³-hybridized carbons (Fsp3) is 0.429. The van der Waals surface area contributed by atoms with E-state index in [4.69, 9.17) is 4.74 Å². The van der Waals surface area contributed by atoms with Crippen LogP contribution in [0.15, 0.2) is 24.3 Å². The molecule has 0 atom stereocenters. The van der Waals surface area contributed by atoms with Crippen molar-refractivity contribution in [2.24, 2.45) is 0 Å². The number of ether oxygens (including phenoxy) is 1. The summed E-state index contributed by atoms with van der Waals surface area (Å²) in [6.45, 7) is 4.39. The summed E-state index contributed by atoms with van der Waals surface area (Å²) in [5.41, 5.74) is 0.789.